The highest BCUT2D eigenvalue weighted by molar-refractivity contribution is 7.60. The van der Waals surface area contributed by atoms with Crippen molar-refractivity contribution in [2.75, 3.05) is 12.8 Å². The molecular formula is C16H23O5P. The van der Waals surface area contributed by atoms with Crippen LogP contribution in [0.15, 0.2) is 30.3 Å². The summed E-state index contributed by atoms with van der Waals surface area (Å²) in [6.45, 7) is 2.09. The van der Waals surface area contributed by atoms with Gasteiger partial charge in [0.25, 0.3) is 0 Å². The Bertz CT molecular complexity index is 553. The van der Waals surface area contributed by atoms with Gasteiger partial charge in [-0.2, -0.15) is 0 Å². The SMILES string of the molecule is CC(C(=O)O)(c1ccccc1)P(=O)(O)CCCC1CCCO1. The molecule has 122 valence electrons. The molecule has 5 nitrogen and oxygen atoms in total. The lowest BCUT2D eigenvalue weighted by Gasteiger charge is -2.30. The van der Waals surface area contributed by atoms with E-state index in [0.717, 1.165) is 19.4 Å². The maximum absolute atomic E-state index is 12.8. The molecule has 0 spiro atoms. The van der Waals surface area contributed by atoms with E-state index in [1.54, 1.807) is 30.3 Å². The lowest BCUT2D eigenvalue weighted by atomic mass is 10.0. The van der Waals surface area contributed by atoms with E-state index in [1.807, 2.05) is 0 Å². The van der Waals surface area contributed by atoms with Crippen LogP contribution in [0.4, 0.5) is 0 Å². The van der Waals surface area contributed by atoms with E-state index in [4.69, 9.17) is 4.74 Å². The number of carboxylic acids is 1. The van der Waals surface area contributed by atoms with Crippen molar-refractivity contribution in [3.8, 4) is 0 Å². The fourth-order valence-electron chi connectivity index (χ4n) is 2.87. The largest absolute Gasteiger partial charge is 0.480 e. The summed E-state index contributed by atoms with van der Waals surface area (Å²) in [5.74, 6) is -1.26. The molecule has 1 saturated heterocycles. The Labute approximate surface area is 130 Å². The summed E-state index contributed by atoms with van der Waals surface area (Å²) in [5.41, 5.74) is 0.366. The number of aliphatic carboxylic acids is 1. The van der Waals surface area contributed by atoms with Crippen LogP contribution in [0, 0.1) is 0 Å². The average molecular weight is 326 g/mol. The molecule has 1 aliphatic rings. The number of benzene rings is 1. The third-order valence-corrected chi connectivity index (χ3v) is 7.23. The number of carboxylic acid groups (broad SMARTS) is 1. The van der Waals surface area contributed by atoms with Crippen molar-refractivity contribution in [3.63, 3.8) is 0 Å². The van der Waals surface area contributed by atoms with E-state index in [1.165, 1.54) is 6.92 Å². The molecule has 2 N–H and O–H groups in total. The van der Waals surface area contributed by atoms with Gasteiger partial charge in [0, 0.05) is 12.8 Å². The molecule has 3 unspecified atom stereocenters. The molecule has 1 fully saturated rings. The van der Waals surface area contributed by atoms with Crippen molar-refractivity contribution in [2.24, 2.45) is 0 Å². The predicted octanol–water partition coefficient (Wildman–Crippen LogP) is 3.22. The Morgan fingerprint density at radius 2 is 2.09 bits per heavy atom. The first-order valence-corrected chi connectivity index (χ1v) is 9.45. The molecule has 0 bridgehead atoms. The fourth-order valence-corrected chi connectivity index (χ4v) is 4.78. The molecule has 1 aliphatic heterocycles. The molecule has 3 atom stereocenters. The van der Waals surface area contributed by atoms with Gasteiger partial charge in [0.05, 0.1) is 6.10 Å². The quantitative estimate of drug-likeness (QED) is 0.752. The van der Waals surface area contributed by atoms with Crippen LogP contribution in [-0.2, 0) is 19.3 Å². The van der Waals surface area contributed by atoms with Gasteiger partial charge >= 0.3 is 5.97 Å². The highest BCUT2D eigenvalue weighted by Crippen LogP contribution is 2.60. The summed E-state index contributed by atoms with van der Waals surface area (Å²) in [6, 6.07) is 8.31. The van der Waals surface area contributed by atoms with Crippen molar-refractivity contribution in [2.45, 2.75) is 43.9 Å². The zero-order valence-corrected chi connectivity index (χ0v) is 13.7. The number of rotatable bonds is 7. The molecule has 0 radical (unpaired) electrons. The summed E-state index contributed by atoms with van der Waals surface area (Å²) in [5, 5.41) is 7.80. The Hall–Kier alpha value is -1.16. The monoisotopic (exact) mass is 326 g/mol. The molecule has 22 heavy (non-hydrogen) atoms. The first kappa shape index (κ1) is 17.2. The van der Waals surface area contributed by atoms with E-state index in [0.29, 0.717) is 18.4 Å². The highest BCUT2D eigenvalue weighted by atomic mass is 31.2. The molecule has 0 saturated carbocycles. The third-order valence-electron chi connectivity index (χ3n) is 4.46. The minimum Gasteiger partial charge on any atom is -0.480 e. The van der Waals surface area contributed by atoms with Gasteiger partial charge in [-0.1, -0.05) is 30.3 Å². The molecular weight excluding hydrogens is 303 g/mol. The molecule has 6 heteroatoms. The number of carbonyl (C=O) groups is 1. The molecule has 0 aliphatic carbocycles. The molecule has 0 aromatic heterocycles. The smallest absolute Gasteiger partial charge is 0.323 e. The lowest BCUT2D eigenvalue weighted by Crippen LogP contribution is -2.33. The fraction of sp³-hybridized carbons (Fsp3) is 0.562. The third kappa shape index (κ3) is 3.43. The lowest BCUT2D eigenvalue weighted by molar-refractivity contribution is -0.140. The summed E-state index contributed by atoms with van der Waals surface area (Å²) in [6.07, 6.45) is 3.34. The van der Waals surface area contributed by atoms with E-state index >= 15 is 0 Å². The summed E-state index contributed by atoms with van der Waals surface area (Å²) < 4.78 is 18.3. The minimum atomic E-state index is -3.90. The van der Waals surface area contributed by atoms with E-state index in [-0.39, 0.29) is 12.3 Å². The standard InChI is InChI=1S/C16H23O5P/c1-16(15(17)18,13-7-3-2-4-8-13)22(19,20)12-6-10-14-9-5-11-21-14/h2-4,7-8,14H,5-6,9-12H2,1H3,(H,17,18)(H,19,20). The van der Waals surface area contributed by atoms with Crippen LogP contribution in [-0.4, -0.2) is 34.8 Å². The second kappa shape index (κ2) is 6.95. The highest BCUT2D eigenvalue weighted by Gasteiger charge is 2.50. The normalized spacial score (nSPS) is 23.6. The van der Waals surface area contributed by atoms with Crippen molar-refractivity contribution < 1.29 is 24.1 Å². The van der Waals surface area contributed by atoms with Crippen LogP contribution >= 0.6 is 7.37 Å². The minimum absolute atomic E-state index is 0.00937. The average Bonchev–Trinajstić information content (AvgIpc) is 3.00. The zero-order valence-electron chi connectivity index (χ0n) is 12.8. The summed E-state index contributed by atoms with van der Waals surface area (Å²) in [7, 11) is -3.90. The van der Waals surface area contributed by atoms with E-state index in [9.17, 15) is 19.4 Å². The molecule has 1 aromatic carbocycles. The van der Waals surface area contributed by atoms with Crippen LogP contribution in [0.3, 0.4) is 0 Å². The number of ether oxygens (including phenoxy) is 1. The maximum atomic E-state index is 12.8. The Morgan fingerprint density at radius 1 is 1.41 bits per heavy atom. The van der Waals surface area contributed by atoms with Gasteiger partial charge in [0.2, 0.25) is 7.37 Å². The van der Waals surface area contributed by atoms with Crippen LogP contribution in [0.25, 0.3) is 0 Å². The van der Waals surface area contributed by atoms with Crippen molar-refractivity contribution in [1.29, 1.82) is 0 Å². The van der Waals surface area contributed by atoms with Crippen LogP contribution in [0.1, 0.15) is 38.2 Å². The molecule has 2 rings (SSSR count). The van der Waals surface area contributed by atoms with Gasteiger partial charge in [-0.25, -0.2) is 0 Å². The van der Waals surface area contributed by atoms with Crippen molar-refractivity contribution in [1.82, 2.24) is 0 Å². The van der Waals surface area contributed by atoms with E-state index < -0.39 is 18.5 Å². The van der Waals surface area contributed by atoms with Crippen molar-refractivity contribution >= 4 is 13.3 Å². The van der Waals surface area contributed by atoms with Gasteiger partial charge in [-0.3, -0.25) is 9.36 Å². The Kier molecular flexibility index (Phi) is 5.43. The summed E-state index contributed by atoms with van der Waals surface area (Å²) >= 11 is 0. The Morgan fingerprint density at radius 3 is 2.64 bits per heavy atom. The first-order chi connectivity index (χ1) is 10.4. The van der Waals surface area contributed by atoms with Crippen LogP contribution < -0.4 is 0 Å². The Balaban J connectivity index is 2.12. The maximum Gasteiger partial charge on any atom is 0.323 e. The van der Waals surface area contributed by atoms with Gasteiger partial charge in [0.1, 0.15) is 0 Å². The first-order valence-electron chi connectivity index (χ1n) is 7.60. The van der Waals surface area contributed by atoms with Crippen molar-refractivity contribution in [3.05, 3.63) is 35.9 Å². The second-order valence-corrected chi connectivity index (χ2v) is 8.69. The molecule has 0 amide bonds. The van der Waals surface area contributed by atoms with Gasteiger partial charge < -0.3 is 14.7 Å². The topological polar surface area (TPSA) is 83.8 Å². The zero-order chi connectivity index (χ0) is 16.2. The van der Waals surface area contributed by atoms with Crippen LogP contribution in [0.5, 0.6) is 0 Å². The summed E-state index contributed by atoms with van der Waals surface area (Å²) in [4.78, 5) is 22.2. The van der Waals surface area contributed by atoms with Crippen LogP contribution in [0.2, 0.25) is 0 Å². The van der Waals surface area contributed by atoms with Gasteiger partial charge in [0.15, 0.2) is 5.16 Å². The molecule has 1 aromatic rings. The number of hydrogen-bond acceptors (Lipinski definition) is 3. The second-order valence-electron chi connectivity index (χ2n) is 5.95. The van der Waals surface area contributed by atoms with Gasteiger partial charge in [-0.15, -0.1) is 0 Å². The van der Waals surface area contributed by atoms with E-state index in [2.05, 4.69) is 0 Å². The van der Waals surface area contributed by atoms with Gasteiger partial charge in [-0.05, 0) is 38.2 Å². The number of hydrogen-bond donors (Lipinski definition) is 2. The predicted molar refractivity (Wildman–Crippen MR) is 84.3 cm³/mol. The molecule has 1 heterocycles.